The molecule has 0 saturated carbocycles. The van der Waals surface area contributed by atoms with Crippen LogP contribution in [0.4, 0.5) is 0 Å². The summed E-state index contributed by atoms with van der Waals surface area (Å²) in [4.78, 5) is 2.39. The second-order valence-electron chi connectivity index (χ2n) is 7.83. The standard InChI is InChI=1S/C26H29N/c1-27(20-21-16-17-22-9-3-2-4-11-25(22)19-21)18-8-14-24-13-7-12-23-10-5-6-15-26(23)24/h5-8,10,12-17,19H,2-4,9,11,18,20H2,1H3/b14-8+. The molecule has 0 bridgehead atoms. The molecular formula is C26H29N. The Morgan fingerprint density at radius 2 is 1.67 bits per heavy atom. The van der Waals surface area contributed by atoms with Crippen LogP contribution in [-0.2, 0) is 19.4 Å². The fourth-order valence-corrected chi connectivity index (χ4v) is 4.19. The summed E-state index contributed by atoms with van der Waals surface area (Å²) in [6.07, 6.45) is 11.1. The van der Waals surface area contributed by atoms with Crippen molar-refractivity contribution in [2.45, 2.75) is 38.6 Å². The zero-order chi connectivity index (χ0) is 18.5. The first-order valence-electron chi connectivity index (χ1n) is 10.2. The molecule has 3 aromatic carbocycles. The smallest absolute Gasteiger partial charge is 0.0234 e. The third kappa shape index (κ3) is 4.48. The van der Waals surface area contributed by atoms with Gasteiger partial charge in [-0.25, -0.2) is 0 Å². The van der Waals surface area contributed by atoms with E-state index in [1.807, 2.05) is 0 Å². The molecule has 4 rings (SSSR count). The molecule has 0 radical (unpaired) electrons. The normalized spacial score (nSPS) is 14.6. The molecule has 0 N–H and O–H groups in total. The molecule has 0 saturated heterocycles. The van der Waals surface area contributed by atoms with Gasteiger partial charge >= 0.3 is 0 Å². The fraction of sp³-hybridized carbons (Fsp3) is 0.308. The van der Waals surface area contributed by atoms with Gasteiger partial charge in [0.2, 0.25) is 0 Å². The molecule has 0 aromatic heterocycles. The number of hydrogen-bond acceptors (Lipinski definition) is 1. The van der Waals surface area contributed by atoms with Crippen LogP contribution in [0.25, 0.3) is 16.8 Å². The summed E-state index contributed by atoms with van der Waals surface area (Å²) in [5.41, 5.74) is 5.91. The lowest BCUT2D eigenvalue weighted by Crippen LogP contribution is -2.17. The fourth-order valence-electron chi connectivity index (χ4n) is 4.19. The summed E-state index contributed by atoms with van der Waals surface area (Å²) >= 11 is 0. The Morgan fingerprint density at radius 1 is 0.852 bits per heavy atom. The van der Waals surface area contributed by atoms with Gasteiger partial charge in [-0.15, -0.1) is 0 Å². The third-order valence-corrected chi connectivity index (χ3v) is 5.65. The van der Waals surface area contributed by atoms with Gasteiger partial charge in [-0.3, -0.25) is 4.90 Å². The van der Waals surface area contributed by atoms with Crippen LogP contribution < -0.4 is 0 Å². The van der Waals surface area contributed by atoms with Crippen molar-refractivity contribution in [2.24, 2.45) is 0 Å². The van der Waals surface area contributed by atoms with Gasteiger partial charge in [0.1, 0.15) is 0 Å². The molecule has 1 nitrogen and oxygen atoms in total. The van der Waals surface area contributed by atoms with Crippen LogP contribution in [0.5, 0.6) is 0 Å². The lowest BCUT2D eigenvalue weighted by Gasteiger charge is -2.16. The van der Waals surface area contributed by atoms with Crippen molar-refractivity contribution >= 4 is 16.8 Å². The van der Waals surface area contributed by atoms with Gasteiger partial charge in [0, 0.05) is 13.1 Å². The average molecular weight is 356 g/mol. The number of rotatable bonds is 5. The number of hydrogen-bond donors (Lipinski definition) is 0. The van der Waals surface area contributed by atoms with E-state index in [2.05, 4.69) is 84.8 Å². The maximum atomic E-state index is 2.45. The first kappa shape index (κ1) is 18.0. The van der Waals surface area contributed by atoms with E-state index in [9.17, 15) is 0 Å². The van der Waals surface area contributed by atoms with Gasteiger partial charge in [0.15, 0.2) is 0 Å². The van der Waals surface area contributed by atoms with E-state index >= 15 is 0 Å². The van der Waals surface area contributed by atoms with Crippen LogP contribution in [-0.4, -0.2) is 18.5 Å². The van der Waals surface area contributed by atoms with Crippen molar-refractivity contribution in [1.82, 2.24) is 4.90 Å². The molecular weight excluding hydrogens is 326 g/mol. The van der Waals surface area contributed by atoms with Crippen molar-refractivity contribution in [2.75, 3.05) is 13.6 Å². The summed E-state index contributed by atoms with van der Waals surface area (Å²) in [6, 6.07) is 22.3. The van der Waals surface area contributed by atoms with Crippen LogP contribution in [0.3, 0.4) is 0 Å². The molecule has 0 spiro atoms. The molecule has 1 heteroatoms. The number of benzene rings is 3. The minimum absolute atomic E-state index is 0.959. The lowest BCUT2D eigenvalue weighted by molar-refractivity contribution is 0.364. The van der Waals surface area contributed by atoms with Crippen LogP contribution in [0.1, 0.15) is 41.5 Å². The Hall–Kier alpha value is -2.38. The van der Waals surface area contributed by atoms with Gasteiger partial charge in [-0.2, -0.15) is 0 Å². The van der Waals surface area contributed by atoms with Crippen molar-refractivity contribution in [3.05, 3.63) is 89.0 Å². The van der Waals surface area contributed by atoms with Crippen molar-refractivity contribution < 1.29 is 0 Å². The van der Waals surface area contributed by atoms with Crippen LogP contribution in [0.15, 0.2) is 66.7 Å². The molecule has 138 valence electrons. The highest BCUT2D eigenvalue weighted by Crippen LogP contribution is 2.22. The van der Waals surface area contributed by atoms with Crippen molar-refractivity contribution in [1.29, 1.82) is 0 Å². The Morgan fingerprint density at radius 3 is 2.59 bits per heavy atom. The lowest BCUT2D eigenvalue weighted by atomic mass is 10.00. The van der Waals surface area contributed by atoms with Crippen LogP contribution in [0.2, 0.25) is 0 Å². The molecule has 0 aliphatic heterocycles. The molecule has 0 atom stereocenters. The van der Waals surface area contributed by atoms with Crippen LogP contribution >= 0.6 is 0 Å². The van der Waals surface area contributed by atoms with E-state index in [0.29, 0.717) is 0 Å². The monoisotopic (exact) mass is 355 g/mol. The summed E-state index contributed by atoms with van der Waals surface area (Å²) in [5.74, 6) is 0. The SMILES string of the molecule is CN(C/C=C/c1cccc2ccccc12)Cc1ccc2c(c1)CCCCC2. The molecule has 0 heterocycles. The molecule has 0 fully saturated rings. The molecule has 0 unspecified atom stereocenters. The summed E-state index contributed by atoms with van der Waals surface area (Å²) in [7, 11) is 2.21. The van der Waals surface area contributed by atoms with E-state index in [1.165, 1.54) is 54.0 Å². The molecule has 1 aliphatic rings. The largest absolute Gasteiger partial charge is 0.298 e. The summed E-state index contributed by atoms with van der Waals surface area (Å²) in [6.45, 7) is 1.97. The quantitative estimate of drug-likeness (QED) is 0.489. The minimum atomic E-state index is 0.959. The highest BCUT2D eigenvalue weighted by atomic mass is 15.1. The molecule has 0 amide bonds. The number of likely N-dealkylation sites (N-methyl/N-ethyl adjacent to an activating group) is 1. The van der Waals surface area contributed by atoms with Crippen molar-refractivity contribution in [3.63, 3.8) is 0 Å². The second kappa shape index (κ2) is 8.54. The van der Waals surface area contributed by atoms with E-state index in [-0.39, 0.29) is 0 Å². The van der Waals surface area contributed by atoms with E-state index in [0.717, 1.165) is 13.1 Å². The average Bonchev–Trinajstić information content (AvgIpc) is 2.93. The van der Waals surface area contributed by atoms with Gasteiger partial charge in [0.25, 0.3) is 0 Å². The maximum absolute atomic E-state index is 2.45. The predicted octanol–water partition coefficient (Wildman–Crippen LogP) is 6.25. The Labute approximate surface area is 163 Å². The molecule has 27 heavy (non-hydrogen) atoms. The Balaban J connectivity index is 1.40. The zero-order valence-corrected chi connectivity index (χ0v) is 16.3. The topological polar surface area (TPSA) is 3.24 Å². The first-order chi connectivity index (χ1) is 13.3. The highest BCUT2D eigenvalue weighted by Gasteiger charge is 2.09. The third-order valence-electron chi connectivity index (χ3n) is 5.65. The van der Waals surface area contributed by atoms with Gasteiger partial charge in [-0.05, 0) is 65.8 Å². The molecule has 1 aliphatic carbocycles. The maximum Gasteiger partial charge on any atom is 0.0234 e. The Bertz CT molecular complexity index is 933. The van der Waals surface area contributed by atoms with Crippen molar-refractivity contribution in [3.8, 4) is 0 Å². The number of nitrogens with zero attached hydrogens (tertiary/aromatic N) is 1. The number of aryl methyl sites for hydroxylation is 2. The van der Waals surface area contributed by atoms with E-state index < -0.39 is 0 Å². The van der Waals surface area contributed by atoms with Gasteiger partial charge in [-0.1, -0.05) is 79.2 Å². The minimum Gasteiger partial charge on any atom is -0.298 e. The summed E-state index contributed by atoms with van der Waals surface area (Å²) in [5, 5.41) is 2.63. The number of fused-ring (bicyclic) bond motifs is 2. The highest BCUT2D eigenvalue weighted by molar-refractivity contribution is 5.90. The van der Waals surface area contributed by atoms with Crippen LogP contribution in [0, 0.1) is 0 Å². The molecule has 3 aromatic rings. The van der Waals surface area contributed by atoms with Gasteiger partial charge < -0.3 is 0 Å². The Kier molecular flexibility index (Phi) is 5.69. The summed E-state index contributed by atoms with van der Waals surface area (Å²) < 4.78 is 0. The van der Waals surface area contributed by atoms with Gasteiger partial charge in [0.05, 0.1) is 0 Å². The first-order valence-corrected chi connectivity index (χ1v) is 10.2. The zero-order valence-electron chi connectivity index (χ0n) is 16.3. The predicted molar refractivity (Wildman–Crippen MR) is 117 cm³/mol. The van der Waals surface area contributed by atoms with E-state index in [4.69, 9.17) is 0 Å². The second-order valence-corrected chi connectivity index (χ2v) is 7.83. The van der Waals surface area contributed by atoms with E-state index in [1.54, 1.807) is 11.1 Å².